The molecule has 92 valence electrons. The van der Waals surface area contributed by atoms with Gasteiger partial charge in [-0.05, 0) is 23.8 Å². The third kappa shape index (κ3) is 1.84. The van der Waals surface area contributed by atoms with Gasteiger partial charge in [-0.15, -0.1) is 0 Å². The number of H-pyrrole nitrogens is 1. The van der Waals surface area contributed by atoms with Gasteiger partial charge in [-0.2, -0.15) is 0 Å². The van der Waals surface area contributed by atoms with Gasteiger partial charge in [0.05, 0.1) is 0 Å². The molecule has 3 rings (SSSR count). The number of nitrogens with zero attached hydrogens (tertiary/aromatic N) is 4. The molecule has 0 atom stereocenters. The number of hydrogen-bond donors (Lipinski definition) is 1. The predicted molar refractivity (Wildman–Crippen MR) is 72.8 cm³/mol. The molecule has 2 aromatic heterocycles. The van der Waals surface area contributed by atoms with Gasteiger partial charge in [-0.3, -0.25) is 0 Å². The van der Waals surface area contributed by atoms with Gasteiger partial charge in [0.1, 0.15) is 0 Å². The van der Waals surface area contributed by atoms with Crippen LogP contribution in [0.4, 0.5) is 5.13 Å². The van der Waals surface area contributed by atoms with Gasteiger partial charge in [0.25, 0.3) is 0 Å². The Balaban J connectivity index is 1.97. The summed E-state index contributed by atoms with van der Waals surface area (Å²) in [7, 11) is 2.00. The molecule has 0 radical (unpaired) electrons. The maximum absolute atomic E-state index is 3.98. The molecule has 0 saturated carbocycles. The number of benzene rings is 1. The number of rotatable bonds is 3. The standard InChI is InChI=1S/C12H13N5S/c1-8-10(7-17(2)12-14-15-16-18-12)9-5-3-4-6-11(9)13-8/h3-6,13H,7H2,1-2H3. The molecular weight excluding hydrogens is 246 g/mol. The van der Waals surface area contributed by atoms with Gasteiger partial charge in [-0.1, -0.05) is 27.8 Å². The van der Waals surface area contributed by atoms with Gasteiger partial charge >= 0.3 is 0 Å². The van der Waals surface area contributed by atoms with Crippen molar-refractivity contribution in [2.24, 2.45) is 0 Å². The SMILES string of the molecule is Cc1[nH]c2ccccc2c1CN(C)c1nnns1. The van der Waals surface area contributed by atoms with Crippen molar-refractivity contribution in [3.63, 3.8) is 0 Å². The molecular formula is C12H13N5S. The third-order valence-electron chi connectivity index (χ3n) is 3.04. The summed E-state index contributed by atoms with van der Waals surface area (Å²) in [5.41, 5.74) is 3.66. The number of aromatic amines is 1. The number of fused-ring (bicyclic) bond motifs is 1. The van der Waals surface area contributed by atoms with Crippen LogP contribution >= 0.6 is 11.5 Å². The van der Waals surface area contributed by atoms with Gasteiger partial charge < -0.3 is 9.88 Å². The van der Waals surface area contributed by atoms with E-state index in [1.807, 2.05) is 13.1 Å². The van der Waals surface area contributed by atoms with Gasteiger partial charge in [0.2, 0.25) is 5.13 Å². The number of aryl methyl sites for hydroxylation is 1. The van der Waals surface area contributed by atoms with E-state index in [0.717, 1.165) is 11.7 Å². The molecule has 6 heteroatoms. The van der Waals surface area contributed by atoms with Crippen LogP contribution in [0.2, 0.25) is 0 Å². The van der Waals surface area contributed by atoms with Crippen LogP contribution < -0.4 is 4.90 Å². The van der Waals surface area contributed by atoms with Crippen LogP contribution in [0.25, 0.3) is 10.9 Å². The predicted octanol–water partition coefficient (Wildman–Crippen LogP) is 2.36. The molecule has 0 unspecified atom stereocenters. The van der Waals surface area contributed by atoms with Crippen LogP contribution in [-0.4, -0.2) is 26.8 Å². The molecule has 0 bridgehead atoms. The summed E-state index contributed by atoms with van der Waals surface area (Å²) >= 11 is 1.31. The highest BCUT2D eigenvalue weighted by Gasteiger charge is 2.12. The minimum atomic E-state index is 0.798. The highest BCUT2D eigenvalue weighted by molar-refractivity contribution is 7.09. The summed E-state index contributed by atoms with van der Waals surface area (Å²) in [4.78, 5) is 5.47. The van der Waals surface area contributed by atoms with Crippen molar-refractivity contribution in [3.8, 4) is 0 Å². The molecule has 0 aliphatic heterocycles. The first-order valence-electron chi connectivity index (χ1n) is 5.68. The van der Waals surface area contributed by atoms with E-state index in [9.17, 15) is 0 Å². The van der Waals surface area contributed by atoms with Crippen LogP contribution in [0.1, 0.15) is 11.3 Å². The van der Waals surface area contributed by atoms with Crippen molar-refractivity contribution in [2.45, 2.75) is 13.5 Å². The number of hydrogen-bond acceptors (Lipinski definition) is 5. The summed E-state index contributed by atoms with van der Waals surface area (Å²) < 4.78 is 3.79. The Morgan fingerprint density at radius 3 is 2.94 bits per heavy atom. The Kier molecular flexibility index (Phi) is 2.71. The molecule has 2 heterocycles. The Morgan fingerprint density at radius 2 is 2.17 bits per heavy atom. The zero-order chi connectivity index (χ0) is 12.5. The number of para-hydroxylation sites is 1. The van der Waals surface area contributed by atoms with Crippen molar-refractivity contribution in [2.75, 3.05) is 11.9 Å². The molecule has 1 aromatic carbocycles. The zero-order valence-electron chi connectivity index (χ0n) is 10.2. The second kappa shape index (κ2) is 4.38. The highest BCUT2D eigenvalue weighted by atomic mass is 32.1. The van der Waals surface area contributed by atoms with Gasteiger partial charge in [-0.25, -0.2) is 0 Å². The highest BCUT2D eigenvalue weighted by Crippen LogP contribution is 2.24. The van der Waals surface area contributed by atoms with Crippen molar-refractivity contribution >= 4 is 27.6 Å². The Bertz CT molecular complexity index is 658. The minimum absolute atomic E-state index is 0.798. The molecule has 0 aliphatic carbocycles. The van der Waals surface area contributed by atoms with Crippen molar-refractivity contribution in [3.05, 3.63) is 35.5 Å². The van der Waals surface area contributed by atoms with Crippen LogP contribution in [0, 0.1) is 6.92 Å². The zero-order valence-corrected chi connectivity index (χ0v) is 11.0. The second-order valence-corrected chi connectivity index (χ2v) is 4.99. The molecule has 5 nitrogen and oxygen atoms in total. The normalized spacial score (nSPS) is 11.0. The quantitative estimate of drug-likeness (QED) is 0.784. The fourth-order valence-corrected chi connectivity index (χ4v) is 2.54. The largest absolute Gasteiger partial charge is 0.358 e. The van der Waals surface area contributed by atoms with E-state index in [1.165, 1.54) is 33.7 Å². The van der Waals surface area contributed by atoms with E-state index in [4.69, 9.17) is 0 Å². The van der Waals surface area contributed by atoms with E-state index < -0.39 is 0 Å². The first-order chi connectivity index (χ1) is 8.75. The first kappa shape index (κ1) is 11.2. The van der Waals surface area contributed by atoms with Crippen LogP contribution in [-0.2, 0) is 6.54 Å². The lowest BCUT2D eigenvalue weighted by atomic mass is 10.1. The second-order valence-electron chi connectivity index (χ2n) is 4.28. The first-order valence-corrected chi connectivity index (χ1v) is 6.45. The third-order valence-corrected chi connectivity index (χ3v) is 3.75. The maximum atomic E-state index is 3.98. The molecule has 0 fully saturated rings. The molecule has 0 spiro atoms. The van der Waals surface area contributed by atoms with Crippen molar-refractivity contribution in [1.29, 1.82) is 0 Å². The fourth-order valence-electron chi connectivity index (χ4n) is 2.12. The van der Waals surface area contributed by atoms with Crippen molar-refractivity contribution in [1.82, 2.24) is 19.8 Å². The topological polar surface area (TPSA) is 57.7 Å². The number of nitrogens with one attached hydrogen (secondary N) is 1. The molecule has 0 aliphatic rings. The smallest absolute Gasteiger partial charge is 0.227 e. The molecule has 0 saturated heterocycles. The fraction of sp³-hybridized carbons (Fsp3) is 0.250. The van der Waals surface area contributed by atoms with Crippen LogP contribution in [0.15, 0.2) is 24.3 Å². The molecule has 3 aromatic rings. The van der Waals surface area contributed by atoms with E-state index in [2.05, 4.69) is 49.8 Å². The summed E-state index contributed by atoms with van der Waals surface area (Å²) in [5, 5.41) is 9.70. The summed E-state index contributed by atoms with van der Waals surface area (Å²) in [6.07, 6.45) is 0. The average Bonchev–Trinajstić information content (AvgIpc) is 2.98. The lowest BCUT2D eigenvalue weighted by molar-refractivity contribution is 0.872. The average molecular weight is 259 g/mol. The van der Waals surface area contributed by atoms with Crippen LogP contribution in [0.5, 0.6) is 0 Å². The van der Waals surface area contributed by atoms with E-state index in [1.54, 1.807) is 0 Å². The Hall–Kier alpha value is -1.95. The molecule has 1 N–H and O–H groups in total. The minimum Gasteiger partial charge on any atom is -0.358 e. The summed E-state index contributed by atoms with van der Waals surface area (Å²) in [6.45, 7) is 2.90. The summed E-state index contributed by atoms with van der Waals surface area (Å²) in [5.74, 6) is 0. The molecule has 0 amide bonds. The lowest BCUT2D eigenvalue weighted by Gasteiger charge is -2.14. The van der Waals surface area contributed by atoms with E-state index in [0.29, 0.717) is 0 Å². The van der Waals surface area contributed by atoms with Gasteiger partial charge in [0, 0.05) is 41.7 Å². The number of anilines is 1. The lowest BCUT2D eigenvalue weighted by Crippen LogP contribution is -2.16. The Labute approximate surface area is 109 Å². The Morgan fingerprint density at radius 1 is 1.33 bits per heavy atom. The maximum Gasteiger partial charge on any atom is 0.227 e. The van der Waals surface area contributed by atoms with Crippen LogP contribution in [0.3, 0.4) is 0 Å². The van der Waals surface area contributed by atoms with Crippen molar-refractivity contribution < 1.29 is 0 Å². The van der Waals surface area contributed by atoms with E-state index in [-0.39, 0.29) is 0 Å². The number of aromatic nitrogens is 4. The summed E-state index contributed by atoms with van der Waals surface area (Å²) in [6, 6.07) is 8.34. The molecule has 18 heavy (non-hydrogen) atoms. The van der Waals surface area contributed by atoms with Gasteiger partial charge in [0.15, 0.2) is 0 Å². The monoisotopic (exact) mass is 259 g/mol. The van der Waals surface area contributed by atoms with E-state index >= 15 is 0 Å².